The lowest BCUT2D eigenvalue weighted by Gasteiger charge is -2.36. The Morgan fingerprint density at radius 1 is 1.04 bits per heavy atom. The van der Waals surface area contributed by atoms with Crippen LogP contribution < -0.4 is 9.64 Å². The fraction of sp³-hybridized carbons (Fsp3) is 0.435. The molecule has 1 aliphatic rings. The van der Waals surface area contributed by atoms with Gasteiger partial charge in [-0.3, -0.25) is 9.69 Å². The van der Waals surface area contributed by atoms with Crippen molar-refractivity contribution in [2.24, 2.45) is 0 Å². The molecule has 3 rings (SSSR count). The third-order valence-electron chi connectivity index (χ3n) is 5.43. The van der Waals surface area contributed by atoms with Crippen LogP contribution in [-0.4, -0.2) is 62.6 Å². The summed E-state index contributed by atoms with van der Waals surface area (Å²) in [6.07, 6.45) is 1.04. The van der Waals surface area contributed by atoms with Crippen LogP contribution in [0.4, 0.5) is 5.69 Å². The van der Waals surface area contributed by atoms with Crippen LogP contribution in [-0.2, 0) is 17.8 Å². The second kappa shape index (κ2) is 9.60. The number of carbonyl (C=O) groups is 1. The largest absolute Gasteiger partial charge is 0.497 e. The summed E-state index contributed by atoms with van der Waals surface area (Å²) in [5.41, 5.74) is 3.68. The Kier molecular flexibility index (Phi) is 6.93. The predicted octanol–water partition coefficient (Wildman–Crippen LogP) is 3.04. The Morgan fingerprint density at radius 2 is 1.71 bits per heavy atom. The third-order valence-corrected chi connectivity index (χ3v) is 5.43. The fourth-order valence-corrected chi connectivity index (χ4v) is 3.53. The van der Waals surface area contributed by atoms with Crippen molar-refractivity contribution in [3.05, 3.63) is 59.7 Å². The smallest absolute Gasteiger partial charge is 0.236 e. The van der Waals surface area contributed by atoms with Gasteiger partial charge in [-0.2, -0.15) is 0 Å². The summed E-state index contributed by atoms with van der Waals surface area (Å²) in [5.74, 6) is 1.05. The molecular formula is C23H31N3O2. The van der Waals surface area contributed by atoms with Gasteiger partial charge in [-0.05, 0) is 29.7 Å². The lowest BCUT2D eigenvalue weighted by Crippen LogP contribution is -2.49. The van der Waals surface area contributed by atoms with E-state index in [4.69, 9.17) is 4.74 Å². The number of piperazine rings is 1. The number of hydrogen-bond donors (Lipinski definition) is 0. The lowest BCUT2D eigenvalue weighted by atomic mass is 10.1. The molecule has 1 saturated heterocycles. The zero-order chi connectivity index (χ0) is 19.9. The highest BCUT2D eigenvalue weighted by molar-refractivity contribution is 5.78. The molecule has 28 heavy (non-hydrogen) atoms. The van der Waals surface area contributed by atoms with Crippen molar-refractivity contribution in [2.75, 3.05) is 51.8 Å². The quantitative estimate of drug-likeness (QED) is 0.739. The van der Waals surface area contributed by atoms with Gasteiger partial charge in [0.1, 0.15) is 5.75 Å². The predicted molar refractivity (Wildman–Crippen MR) is 114 cm³/mol. The van der Waals surface area contributed by atoms with Crippen LogP contribution in [0, 0.1) is 0 Å². The monoisotopic (exact) mass is 381 g/mol. The Morgan fingerprint density at radius 3 is 2.36 bits per heavy atom. The van der Waals surface area contributed by atoms with Gasteiger partial charge in [-0.1, -0.05) is 37.3 Å². The number of anilines is 1. The average molecular weight is 382 g/mol. The molecule has 150 valence electrons. The summed E-state index contributed by atoms with van der Waals surface area (Å²) in [4.78, 5) is 19.1. The standard InChI is InChI=1S/C23H31N3O2/c1-4-19-8-10-20(11-9-19)17-24(2)23(27)18-25-12-14-26(15-13-25)21-6-5-7-22(16-21)28-3/h5-11,16H,4,12-15,17-18H2,1-3H3. The van der Waals surface area contributed by atoms with E-state index >= 15 is 0 Å². The van der Waals surface area contributed by atoms with E-state index in [0.29, 0.717) is 13.1 Å². The van der Waals surface area contributed by atoms with E-state index in [-0.39, 0.29) is 5.91 Å². The summed E-state index contributed by atoms with van der Waals surface area (Å²) in [6.45, 7) is 6.91. The first-order chi connectivity index (χ1) is 13.6. The van der Waals surface area contributed by atoms with Crippen LogP contribution in [0.2, 0.25) is 0 Å². The van der Waals surface area contributed by atoms with Gasteiger partial charge in [0.25, 0.3) is 0 Å². The van der Waals surface area contributed by atoms with Gasteiger partial charge < -0.3 is 14.5 Å². The molecule has 1 fully saturated rings. The maximum atomic E-state index is 12.6. The second-order valence-corrected chi connectivity index (χ2v) is 7.38. The third kappa shape index (κ3) is 5.26. The first-order valence-electron chi connectivity index (χ1n) is 10.0. The number of ether oxygens (including phenoxy) is 1. The first kappa shape index (κ1) is 20.2. The molecular weight excluding hydrogens is 350 g/mol. The van der Waals surface area contributed by atoms with E-state index in [1.54, 1.807) is 7.11 Å². The van der Waals surface area contributed by atoms with Crippen molar-refractivity contribution < 1.29 is 9.53 Å². The number of methoxy groups -OCH3 is 1. The number of hydrogen-bond acceptors (Lipinski definition) is 4. The highest BCUT2D eigenvalue weighted by atomic mass is 16.5. The minimum absolute atomic E-state index is 0.175. The molecule has 0 bridgehead atoms. The number of nitrogens with zero attached hydrogens (tertiary/aromatic N) is 3. The molecule has 0 unspecified atom stereocenters. The summed E-state index contributed by atoms with van der Waals surface area (Å²) in [6, 6.07) is 16.7. The van der Waals surface area contributed by atoms with Crippen molar-refractivity contribution in [1.29, 1.82) is 0 Å². The summed E-state index contributed by atoms with van der Waals surface area (Å²) < 4.78 is 5.32. The van der Waals surface area contributed by atoms with E-state index in [1.807, 2.05) is 24.1 Å². The highest BCUT2D eigenvalue weighted by Gasteiger charge is 2.21. The Balaban J connectivity index is 1.47. The van der Waals surface area contributed by atoms with Crippen LogP contribution >= 0.6 is 0 Å². The van der Waals surface area contributed by atoms with Crippen LogP contribution in [0.15, 0.2) is 48.5 Å². The number of aryl methyl sites for hydroxylation is 1. The average Bonchev–Trinajstić information content (AvgIpc) is 2.74. The maximum absolute atomic E-state index is 12.6. The van der Waals surface area contributed by atoms with E-state index < -0.39 is 0 Å². The number of rotatable bonds is 7. The molecule has 0 aromatic heterocycles. The Hall–Kier alpha value is -2.53. The Labute approximate surface area is 168 Å². The molecule has 0 N–H and O–H groups in total. The van der Waals surface area contributed by atoms with Crippen molar-refractivity contribution in [3.8, 4) is 5.75 Å². The number of amides is 1. The number of likely N-dealkylation sites (N-methyl/N-ethyl adjacent to an activating group) is 1. The lowest BCUT2D eigenvalue weighted by molar-refractivity contribution is -0.131. The molecule has 5 nitrogen and oxygen atoms in total. The molecule has 0 aliphatic carbocycles. The molecule has 1 heterocycles. The van der Waals surface area contributed by atoms with Crippen molar-refractivity contribution in [2.45, 2.75) is 19.9 Å². The van der Waals surface area contributed by atoms with Gasteiger partial charge in [-0.25, -0.2) is 0 Å². The molecule has 2 aromatic carbocycles. The molecule has 2 aromatic rings. The zero-order valence-corrected chi connectivity index (χ0v) is 17.2. The SMILES string of the molecule is CCc1ccc(CN(C)C(=O)CN2CCN(c3cccc(OC)c3)CC2)cc1. The highest BCUT2D eigenvalue weighted by Crippen LogP contribution is 2.22. The minimum Gasteiger partial charge on any atom is -0.497 e. The van der Waals surface area contributed by atoms with Gasteiger partial charge in [0.15, 0.2) is 0 Å². The first-order valence-corrected chi connectivity index (χ1v) is 10.0. The maximum Gasteiger partial charge on any atom is 0.236 e. The van der Waals surface area contributed by atoms with Crippen molar-refractivity contribution >= 4 is 11.6 Å². The normalized spacial score (nSPS) is 14.8. The number of benzene rings is 2. The van der Waals surface area contributed by atoms with Crippen molar-refractivity contribution in [1.82, 2.24) is 9.80 Å². The van der Waals surface area contributed by atoms with Crippen LogP contribution in [0.25, 0.3) is 0 Å². The minimum atomic E-state index is 0.175. The molecule has 0 atom stereocenters. The van der Waals surface area contributed by atoms with Gasteiger partial charge in [0, 0.05) is 51.5 Å². The summed E-state index contributed by atoms with van der Waals surface area (Å²) in [5, 5.41) is 0. The second-order valence-electron chi connectivity index (χ2n) is 7.38. The van der Waals surface area contributed by atoms with Crippen LogP contribution in [0.3, 0.4) is 0 Å². The molecule has 5 heteroatoms. The zero-order valence-electron chi connectivity index (χ0n) is 17.2. The summed E-state index contributed by atoms with van der Waals surface area (Å²) in [7, 11) is 3.58. The topological polar surface area (TPSA) is 36.0 Å². The Bertz CT molecular complexity index is 768. The van der Waals surface area contributed by atoms with Crippen LogP contribution in [0.1, 0.15) is 18.1 Å². The molecule has 0 saturated carbocycles. The summed E-state index contributed by atoms with van der Waals surface area (Å²) >= 11 is 0. The molecule has 1 aliphatic heterocycles. The van der Waals surface area contributed by atoms with Crippen molar-refractivity contribution in [3.63, 3.8) is 0 Å². The van der Waals surface area contributed by atoms with Gasteiger partial charge >= 0.3 is 0 Å². The molecule has 0 radical (unpaired) electrons. The van der Waals surface area contributed by atoms with E-state index in [1.165, 1.54) is 16.8 Å². The van der Waals surface area contributed by atoms with E-state index in [2.05, 4.69) is 53.1 Å². The molecule has 0 spiro atoms. The van der Waals surface area contributed by atoms with Gasteiger partial charge in [-0.15, -0.1) is 0 Å². The van der Waals surface area contributed by atoms with Gasteiger partial charge in [0.2, 0.25) is 5.91 Å². The van der Waals surface area contributed by atoms with E-state index in [9.17, 15) is 4.79 Å². The van der Waals surface area contributed by atoms with E-state index in [0.717, 1.165) is 38.3 Å². The van der Waals surface area contributed by atoms with Crippen LogP contribution in [0.5, 0.6) is 5.75 Å². The fourth-order valence-electron chi connectivity index (χ4n) is 3.53. The molecule has 1 amide bonds. The van der Waals surface area contributed by atoms with Gasteiger partial charge in [0.05, 0.1) is 13.7 Å². The number of carbonyl (C=O) groups excluding carboxylic acids is 1.